The van der Waals surface area contributed by atoms with Crippen LogP contribution in [0.3, 0.4) is 0 Å². The summed E-state index contributed by atoms with van der Waals surface area (Å²) in [7, 11) is 0. The predicted octanol–water partition coefficient (Wildman–Crippen LogP) is 5.07. The highest BCUT2D eigenvalue weighted by Crippen LogP contribution is 2.35. The third-order valence-electron chi connectivity index (χ3n) is 2.45. The van der Waals surface area contributed by atoms with Crippen molar-refractivity contribution in [2.24, 2.45) is 0 Å². The van der Waals surface area contributed by atoms with Crippen molar-refractivity contribution in [1.29, 1.82) is 0 Å². The van der Waals surface area contributed by atoms with E-state index in [0.717, 1.165) is 22.7 Å². The molecule has 104 valence electrons. The Labute approximate surface area is 139 Å². The van der Waals surface area contributed by atoms with E-state index in [1.165, 1.54) is 0 Å². The minimum atomic E-state index is -0.606. The van der Waals surface area contributed by atoms with Gasteiger partial charge in [0, 0.05) is 13.4 Å². The molecule has 0 aliphatic heterocycles. The maximum atomic E-state index is 13.1. The molecular weight excluding hydrogens is 461 g/mol. The predicted molar refractivity (Wildman–Crippen MR) is 85.6 cm³/mol. The zero-order valence-corrected chi connectivity index (χ0v) is 14.5. The van der Waals surface area contributed by atoms with Gasteiger partial charge in [-0.2, -0.15) is 0 Å². The average molecular weight is 468 g/mol. The van der Waals surface area contributed by atoms with Gasteiger partial charge in [-0.1, -0.05) is 15.9 Å². The number of halogens is 4. The molecule has 0 aromatic heterocycles. The summed E-state index contributed by atoms with van der Waals surface area (Å²) in [6, 6.07) is 6.70. The summed E-state index contributed by atoms with van der Waals surface area (Å²) >= 11 is 9.96. The molecule has 0 saturated heterocycles. The minimum absolute atomic E-state index is 0.133. The number of phenols is 1. The van der Waals surface area contributed by atoms with Gasteiger partial charge in [0.05, 0.1) is 11.3 Å². The molecule has 0 radical (unpaired) electrons. The molecule has 7 heteroatoms. The third kappa shape index (κ3) is 3.39. The Hall–Kier alpha value is -0.920. The number of amides is 1. The van der Waals surface area contributed by atoms with Gasteiger partial charge in [0.15, 0.2) is 0 Å². The van der Waals surface area contributed by atoms with Crippen LogP contribution in [0.5, 0.6) is 5.75 Å². The molecule has 2 rings (SSSR count). The standard InChI is InChI=1S/C13H7Br3FNO2/c14-6-3-9(15)12(10(16)4-6)18-13(20)8-5-7(17)1-2-11(8)19/h1-5,19H,(H,18,20). The summed E-state index contributed by atoms with van der Waals surface area (Å²) in [5.74, 6) is -1.49. The molecule has 0 saturated carbocycles. The smallest absolute Gasteiger partial charge is 0.259 e. The van der Waals surface area contributed by atoms with Crippen LogP contribution in [-0.2, 0) is 0 Å². The number of rotatable bonds is 2. The molecule has 0 heterocycles. The van der Waals surface area contributed by atoms with Gasteiger partial charge in [0.1, 0.15) is 11.6 Å². The molecule has 0 spiro atoms. The minimum Gasteiger partial charge on any atom is -0.507 e. The first-order valence-corrected chi connectivity index (χ1v) is 7.71. The third-order valence-corrected chi connectivity index (χ3v) is 4.16. The summed E-state index contributed by atoms with van der Waals surface area (Å²) in [4.78, 5) is 12.1. The van der Waals surface area contributed by atoms with Crippen molar-refractivity contribution < 1.29 is 14.3 Å². The Morgan fingerprint density at radius 2 is 1.70 bits per heavy atom. The van der Waals surface area contributed by atoms with E-state index >= 15 is 0 Å². The van der Waals surface area contributed by atoms with E-state index in [0.29, 0.717) is 14.6 Å². The lowest BCUT2D eigenvalue weighted by Gasteiger charge is -2.11. The quantitative estimate of drug-likeness (QED) is 0.647. The van der Waals surface area contributed by atoms with E-state index in [1.807, 2.05) is 0 Å². The normalized spacial score (nSPS) is 10.4. The van der Waals surface area contributed by atoms with Crippen LogP contribution >= 0.6 is 47.8 Å². The van der Waals surface area contributed by atoms with Crippen LogP contribution in [0.4, 0.5) is 10.1 Å². The van der Waals surface area contributed by atoms with Crippen molar-refractivity contribution in [1.82, 2.24) is 0 Å². The lowest BCUT2D eigenvalue weighted by atomic mass is 10.1. The number of hydrogen-bond acceptors (Lipinski definition) is 2. The molecule has 0 aliphatic rings. The number of nitrogens with one attached hydrogen (secondary N) is 1. The number of carbonyl (C=O) groups excluding carboxylic acids is 1. The van der Waals surface area contributed by atoms with Crippen LogP contribution in [0.25, 0.3) is 0 Å². The molecule has 0 aliphatic carbocycles. The number of phenolic OH excluding ortho intramolecular Hbond substituents is 1. The summed E-state index contributed by atoms with van der Waals surface area (Å²) in [6.07, 6.45) is 0. The van der Waals surface area contributed by atoms with E-state index in [4.69, 9.17) is 0 Å². The number of aromatic hydroxyl groups is 1. The maximum absolute atomic E-state index is 13.1. The molecule has 2 aromatic carbocycles. The largest absolute Gasteiger partial charge is 0.507 e. The number of benzene rings is 2. The van der Waals surface area contributed by atoms with E-state index in [2.05, 4.69) is 53.1 Å². The van der Waals surface area contributed by atoms with Gasteiger partial charge in [-0.15, -0.1) is 0 Å². The fraction of sp³-hybridized carbons (Fsp3) is 0. The molecule has 0 unspecified atom stereocenters. The monoisotopic (exact) mass is 465 g/mol. The Kier molecular flexibility index (Phi) is 4.82. The zero-order chi connectivity index (χ0) is 14.9. The molecule has 2 N–H and O–H groups in total. The van der Waals surface area contributed by atoms with Crippen LogP contribution in [0.15, 0.2) is 43.7 Å². The van der Waals surface area contributed by atoms with E-state index in [-0.39, 0.29) is 11.3 Å². The van der Waals surface area contributed by atoms with Gasteiger partial charge in [0.25, 0.3) is 5.91 Å². The number of hydrogen-bond donors (Lipinski definition) is 2. The Morgan fingerprint density at radius 3 is 2.30 bits per heavy atom. The molecule has 2 aromatic rings. The highest BCUT2D eigenvalue weighted by Gasteiger charge is 2.15. The lowest BCUT2D eigenvalue weighted by Crippen LogP contribution is -2.13. The molecule has 3 nitrogen and oxygen atoms in total. The van der Waals surface area contributed by atoms with Gasteiger partial charge in [-0.25, -0.2) is 4.39 Å². The molecule has 20 heavy (non-hydrogen) atoms. The molecule has 1 amide bonds. The molecule has 0 bridgehead atoms. The van der Waals surface area contributed by atoms with Crippen molar-refractivity contribution in [3.05, 3.63) is 55.1 Å². The summed E-state index contributed by atoms with van der Waals surface area (Å²) < 4.78 is 15.2. The first-order chi connectivity index (χ1) is 9.38. The first kappa shape index (κ1) is 15.5. The van der Waals surface area contributed by atoms with Crippen molar-refractivity contribution >= 4 is 59.4 Å². The van der Waals surface area contributed by atoms with Gasteiger partial charge in [-0.3, -0.25) is 4.79 Å². The van der Waals surface area contributed by atoms with Crippen molar-refractivity contribution in [3.63, 3.8) is 0 Å². The molecule has 0 atom stereocenters. The average Bonchev–Trinajstić information content (AvgIpc) is 2.36. The highest BCUT2D eigenvalue weighted by atomic mass is 79.9. The van der Waals surface area contributed by atoms with Crippen molar-refractivity contribution in [2.75, 3.05) is 5.32 Å². The Bertz CT molecular complexity index is 668. The lowest BCUT2D eigenvalue weighted by molar-refractivity contribution is 0.102. The highest BCUT2D eigenvalue weighted by molar-refractivity contribution is 9.11. The van der Waals surface area contributed by atoms with Crippen LogP contribution < -0.4 is 5.32 Å². The number of carbonyl (C=O) groups is 1. The maximum Gasteiger partial charge on any atom is 0.259 e. The van der Waals surface area contributed by atoms with E-state index in [1.54, 1.807) is 12.1 Å². The Morgan fingerprint density at radius 1 is 1.10 bits per heavy atom. The van der Waals surface area contributed by atoms with Crippen molar-refractivity contribution in [2.45, 2.75) is 0 Å². The second-order valence-corrected chi connectivity index (χ2v) is 6.48. The second-order valence-electron chi connectivity index (χ2n) is 3.86. The molecule has 0 fully saturated rings. The van der Waals surface area contributed by atoms with Crippen LogP contribution in [0.2, 0.25) is 0 Å². The van der Waals surface area contributed by atoms with E-state index < -0.39 is 11.7 Å². The van der Waals surface area contributed by atoms with Gasteiger partial charge >= 0.3 is 0 Å². The van der Waals surface area contributed by atoms with Gasteiger partial charge in [0.2, 0.25) is 0 Å². The Balaban J connectivity index is 2.35. The first-order valence-electron chi connectivity index (χ1n) is 5.33. The van der Waals surface area contributed by atoms with Crippen LogP contribution in [-0.4, -0.2) is 11.0 Å². The SMILES string of the molecule is O=C(Nc1c(Br)cc(Br)cc1Br)c1cc(F)ccc1O. The van der Waals surface area contributed by atoms with Crippen LogP contribution in [0.1, 0.15) is 10.4 Å². The topological polar surface area (TPSA) is 49.3 Å². The summed E-state index contributed by atoms with van der Waals surface area (Å²) in [6.45, 7) is 0. The molecular formula is C13H7Br3FNO2. The van der Waals surface area contributed by atoms with Crippen molar-refractivity contribution in [3.8, 4) is 5.75 Å². The van der Waals surface area contributed by atoms with Crippen LogP contribution in [0, 0.1) is 5.82 Å². The fourth-order valence-corrected chi connectivity index (χ4v) is 3.99. The zero-order valence-electron chi connectivity index (χ0n) is 9.75. The second kappa shape index (κ2) is 6.24. The van der Waals surface area contributed by atoms with E-state index in [9.17, 15) is 14.3 Å². The fourth-order valence-electron chi connectivity index (χ4n) is 1.53. The summed E-state index contributed by atoms with van der Waals surface area (Å²) in [5.41, 5.74) is 0.355. The summed E-state index contributed by atoms with van der Waals surface area (Å²) in [5, 5.41) is 12.2. The van der Waals surface area contributed by atoms with Gasteiger partial charge < -0.3 is 10.4 Å². The number of anilines is 1. The van der Waals surface area contributed by atoms with Gasteiger partial charge in [-0.05, 0) is 62.2 Å².